The lowest BCUT2D eigenvalue weighted by molar-refractivity contribution is 0.426. The maximum absolute atomic E-state index is 11.5. The highest BCUT2D eigenvalue weighted by Crippen LogP contribution is 2.47. The summed E-state index contributed by atoms with van der Waals surface area (Å²) in [5.41, 5.74) is 15.1. The van der Waals surface area contributed by atoms with E-state index in [-0.39, 0.29) is 33.0 Å². The Balaban J connectivity index is 1.38. The van der Waals surface area contributed by atoms with E-state index < -0.39 is 6.85 Å². The van der Waals surface area contributed by atoms with Crippen molar-refractivity contribution in [3.8, 4) is 67.5 Å². The minimum atomic E-state index is -2.51. The number of nitrogens with zero attached hydrogens (tertiary/aromatic N) is 3. The molecule has 344 valence electrons. The molecule has 2 heterocycles. The summed E-state index contributed by atoms with van der Waals surface area (Å²) in [4.78, 5) is 10.4. The second-order valence-electron chi connectivity index (χ2n) is 21.3. The molecule has 0 saturated heterocycles. The van der Waals surface area contributed by atoms with Crippen LogP contribution in [-0.2, 0) is 21.7 Å². The number of benzene rings is 6. The molecule has 4 nitrogen and oxygen atoms in total. The molecular formula is C63H71N3O. The molecule has 0 bridgehead atoms. The second-order valence-corrected chi connectivity index (χ2v) is 21.3. The molecule has 67 heavy (non-hydrogen) atoms. The number of hydrogen-bond acceptors (Lipinski definition) is 3. The van der Waals surface area contributed by atoms with Crippen molar-refractivity contribution in [2.24, 2.45) is 0 Å². The van der Waals surface area contributed by atoms with Gasteiger partial charge in [0.25, 0.3) is 0 Å². The van der Waals surface area contributed by atoms with Crippen molar-refractivity contribution in [1.29, 1.82) is 0 Å². The van der Waals surface area contributed by atoms with E-state index in [1.807, 2.05) is 47.2 Å². The molecule has 2 aromatic heterocycles. The Kier molecular flexibility index (Phi) is 11.7. The van der Waals surface area contributed by atoms with E-state index in [0.717, 1.165) is 81.4 Å². The Labute approximate surface area is 405 Å². The maximum Gasteiger partial charge on any atom is 0.149 e. The minimum Gasteiger partial charge on any atom is -0.507 e. The Bertz CT molecular complexity index is 3150. The van der Waals surface area contributed by atoms with E-state index >= 15 is 0 Å². The van der Waals surface area contributed by atoms with E-state index in [4.69, 9.17) is 9.97 Å². The standard InChI is InChI=1S/C63H71N3O/c1-14-62(12,15-2)51-24-21-25-52(63(13,16-3)17-4)57(51)44-30-33-54(41(5)36-44)66-55-26-20-23-49(58(55)65-59(66)50-22-18-19-27-56(50)67)45-37-46(39-48(38-45)61(9,10)11)53-40-43(34-35-64-53)42-28-31-47(32-29-42)60(6,7)8/h18-40,67H,14-17H2,1-13H3/i5D3. The Morgan fingerprint density at radius 1 is 0.537 bits per heavy atom. The van der Waals surface area contributed by atoms with Gasteiger partial charge < -0.3 is 5.11 Å². The van der Waals surface area contributed by atoms with Crippen LogP contribution in [0.3, 0.4) is 0 Å². The van der Waals surface area contributed by atoms with Gasteiger partial charge >= 0.3 is 0 Å². The number of aromatic nitrogens is 3. The second kappa shape index (κ2) is 18.1. The number of aryl methyl sites for hydroxylation is 1. The topological polar surface area (TPSA) is 50.9 Å². The lowest BCUT2D eigenvalue weighted by atomic mass is 9.68. The summed E-state index contributed by atoms with van der Waals surface area (Å²) in [6.07, 6.45) is 5.67. The molecule has 0 spiro atoms. The van der Waals surface area contributed by atoms with Gasteiger partial charge in [0, 0.05) is 21.4 Å². The average molecular weight is 889 g/mol. The molecular weight excluding hydrogens is 815 g/mol. The van der Waals surface area contributed by atoms with Gasteiger partial charge in [-0.1, -0.05) is 162 Å². The zero-order chi connectivity index (χ0) is 50.6. The van der Waals surface area contributed by atoms with Crippen molar-refractivity contribution in [1.82, 2.24) is 14.5 Å². The highest BCUT2D eigenvalue weighted by atomic mass is 16.3. The maximum atomic E-state index is 11.5. The molecule has 8 rings (SSSR count). The Morgan fingerprint density at radius 2 is 1.13 bits per heavy atom. The molecule has 1 N–H and O–H groups in total. The number of rotatable bonds is 12. The number of para-hydroxylation sites is 2. The summed E-state index contributed by atoms with van der Waals surface area (Å²) < 4.78 is 29.6. The third-order valence-corrected chi connectivity index (χ3v) is 15.1. The zero-order valence-electron chi connectivity index (χ0n) is 44.9. The summed E-state index contributed by atoms with van der Waals surface area (Å²) >= 11 is 0. The summed E-state index contributed by atoms with van der Waals surface area (Å²) in [7, 11) is 0. The van der Waals surface area contributed by atoms with E-state index in [2.05, 4.69) is 168 Å². The van der Waals surface area contributed by atoms with Crippen LogP contribution in [0.5, 0.6) is 5.75 Å². The zero-order valence-corrected chi connectivity index (χ0v) is 41.9. The number of aromatic hydroxyl groups is 1. The summed E-state index contributed by atoms with van der Waals surface area (Å²) in [5.74, 6) is 0.507. The first kappa shape index (κ1) is 43.3. The van der Waals surface area contributed by atoms with E-state index in [0.29, 0.717) is 22.6 Å². The highest BCUT2D eigenvalue weighted by Gasteiger charge is 2.33. The predicted molar refractivity (Wildman–Crippen MR) is 286 cm³/mol. The minimum absolute atomic E-state index is 0.0547. The van der Waals surface area contributed by atoms with E-state index in [1.165, 1.54) is 16.7 Å². The van der Waals surface area contributed by atoms with Gasteiger partial charge in [0.2, 0.25) is 0 Å². The molecule has 0 fully saturated rings. The molecule has 0 saturated carbocycles. The number of phenols is 1. The average Bonchev–Trinajstić information content (AvgIpc) is 3.74. The van der Waals surface area contributed by atoms with Gasteiger partial charge in [-0.3, -0.25) is 9.55 Å². The van der Waals surface area contributed by atoms with Crippen LogP contribution in [0.15, 0.2) is 140 Å². The lowest BCUT2D eigenvalue weighted by Gasteiger charge is -2.36. The van der Waals surface area contributed by atoms with Gasteiger partial charge in [-0.25, -0.2) is 4.98 Å². The van der Waals surface area contributed by atoms with Gasteiger partial charge in [-0.2, -0.15) is 0 Å². The first-order valence-corrected chi connectivity index (χ1v) is 24.4. The van der Waals surface area contributed by atoms with Gasteiger partial charge in [0.1, 0.15) is 11.6 Å². The van der Waals surface area contributed by atoms with Crippen molar-refractivity contribution in [3.63, 3.8) is 0 Å². The fraction of sp³-hybridized carbons (Fsp3) is 0.333. The third-order valence-electron chi connectivity index (χ3n) is 15.1. The van der Waals surface area contributed by atoms with Gasteiger partial charge in [-0.15, -0.1) is 0 Å². The molecule has 4 heteroatoms. The van der Waals surface area contributed by atoms with Gasteiger partial charge in [0.15, 0.2) is 0 Å². The van der Waals surface area contributed by atoms with Crippen molar-refractivity contribution >= 4 is 11.0 Å². The van der Waals surface area contributed by atoms with Crippen LogP contribution in [0.4, 0.5) is 0 Å². The van der Waals surface area contributed by atoms with Crippen LogP contribution >= 0.6 is 0 Å². The third kappa shape index (κ3) is 8.88. The molecule has 0 aliphatic rings. The predicted octanol–water partition coefficient (Wildman–Crippen LogP) is 17.5. The summed E-state index contributed by atoms with van der Waals surface area (Å²) in [5, 5.41) is 11.5. The Hall–Kier alpha value is -6.26. The molecule has 0 radical (unpaired) electrons. The largest absolute Gasteiger partial charge is 0.507 e. The number of imidazole rings is 1. The molecule has 0 aliphatic carbocycles. The normalized spacial score (nSPS) is 13.4. The van der Waals surface area contributed by atoms with Crippen LogP contribution in [0, 0.1) is 6.85 Å². The van der Waals surface area contributed by atoms with E-state index in [1.54, 1.807) is 12.1 Å². The monoisotopic (exact) mass is 889 g/mol. The van der Waals surface area contributed by atoms with Gasteiger partial charge in [-0.05, 0) is 164 Å². The first-order valence-electron chi connectivity index (χ1n) is 25.9. The number of phenolic OH excluding ortho intramolecular Hbond substituents is 1. The summed E-state index contributed by atoms with van der Waals surface area (Å²) in [6, 6.07) is 45.7. The summed E-state index contributed by atoms with van der Waals surface area (Å²) in [6.45, 7) is 24.5. The van der Waals surface area contributed by atoms with Crippen LogP contribution in [0.2, 0.25) is 0 Å². The molecule has 8 aromatic rings. The quantitative estimate of drug-likeness (QED) is 0.133. The van der Waals surface area contributed by atoms with E-state index in [9.17, 15) is 9.22 Å². The van der Waals surface area contributed by atoms with Crippen molar-refractivity contribution < 1.29 is 9.22 Å². The first-order chi connectivity index (χ1) is 33.0. The van der Waals surface area contributed by atoms with Crippen molar-refractivity contribution in [3.05, 3.63) is 167 Å². The Morgan fingerprint density at radius 3 is 1.75 bits per heavy atom. The number of fused-ring (bicyclic) bond motifs is 1. The van der Waals surface area contributed by atoms with Crippen molar-refractivity contribution in [2.45, 2.75) is 137 Å². The smallest absolute Gasteiger partial charge is 0.149 e. The fourth-order valence-electron chi connectivity index (χ4n) is 9.73. The molecule has 6 aromatic carbocycles. The fourth-order valence-corrected chi connectivity index (χ4v) is 9.73. The van der Waals surface area contributed by atoms with Crippen LogP contribution in [-0.4, -0.2) is 19.6 Å². The number of hydrogen-bond donors (Lipinski definition) is 1. The van der Waals surface area contributed by atoms with Crippen molar-refractivity contribution in [2.75, 3.05) is 0 Å². The molecule has 0 unspecified atom stereocenters. The van der Waals surface area contributed by atoms with Crippen LogP contribution in [0.25, 0.3) is 72.7 Å². The molecule has 0 amide bonds. The van der Waals surface area contributed by atoms with Crippen LogP contribution < -0.4 is 0 Å². The molecule has 0 aliphatic heterocycles. The lowest BCUT2D eigenvalue weighted by Crippen LogP contribution is -2.25. The van der Waals surface area contributed by atoms with Crippen LogP contribution in [0.1, 0.15) is 141 Å². The SMILES string of the molecule is [2H]C([2H])([2H])c1cc(-c2c(C(C)(CC)CC)cccc2C(C)(CC)CC)ccc1-n1c(-c2ccccc2O)nc2c(-c3cc(-c4cc(-c5ccc(C(C)(C)C)cc5)ccn4)cc(C(C)(C)C)c3)cccc21. The number of pyridine rings is 1. The van der Waals surface area contributed by atoms with Gasteiger partial charge in [0.05, 0.1) is 28.0 Å². The molecule has 0 atom stereocenters. The highest BCUT2D eigenvalue weighted by molar-refractivity contribution is 5.97.